The number of rotatable bonds is 6. The van der Waals surface area contributed by atoms with E-state index >= 15 is 0 Å². The molecule has 2 fully saturated rings. The number of aryl methyl sites for hydroxylation is 1. The maximum Gasteiger partial charge on any atom is 0.241 e. The van der Waals surface area contributed by atoms with Crippen LogP contribution in [0.15, 0.2) is 35.1 Å². The average molecular weight is 325 g/mol. The molecule has 3 N–H and O–H groups in total. The molecule has 0 radical (unpaired) electrons. The Labute approximate surface area is 141 Å². The molecule has 24 heavy (non-hydrogen) atoms. The molecule has 1 atom stereocenters. The number of hydrogen-bond donors (Lipinski definition) is 2. The van der Waals surface area contributed by atoms with Crippen molar-refractivity contribution < 1.29 is 9.21 Å². The van der Waals surface area contributed by atoms with Crippen molar-refractivity contribution in [2.45, 2.75) is 38.6 Å². The number of aromatic nitrogens is 1. The second-order valence-electron chi connectivity index (χ2n) is 7.11. The molecule has 0 bridgehead atoms. The van der Waals surface area contributed by atoms with E-state index in [1.807, 2.05) is 31.2 Å². The van der Waals surface area contributed by atoms with Gasteiger partial charge in [0.1, 0.15) is 0 Å². The standard InChI is InChI=1S/C19H23N3O2/c1-11-18(24-10-21-11)14-6-8-15(9-7-14)22-19(23)17(20)16(12-2-3-12)13-4-5-13/h6-10,12-13,16-17H,2-5,20H2,1H3,(H,22,23)/t17-/m0/s1. The Morgan fingerprint density at radius 1 is 1.21 bits per heavy atom. The van der Waals surface area contributed by atoms with E-state index in [9.17, 15) is 4.79 Å². The van der Waals surface area contributed by atoms with Gasteiger partial charge in [-0.15, -0.1) is 0 Å². The Bertz CT molecular complexity index is 717. The molecule has 0 spiro atoms. The van der Waals surface area contributed by atoms with Gasteiger partial charge >= 0.3 is 0 Å². The van der Waals surface area contributed by atoms with Gasteiger partial charge in [-0.3, -0.25) is 4.79 Å². The summed E-state index contributed by atoms with van der Waals surface area (Å²) < 4.78 is 5.39. The van der Waals surface area contributed by atoms with Crippen LogP contribution in [0.25, 0.3) is 11.3 Å². The molecule has 2 saturated carbocycles. The lowest BCUT2D eigenvalue weighted by Crippen LogP contribution is -2.43. The smallest absolute Gasteiger partial charge is 0.241 e. The third kappa shape index (κ3) is 3.08. The number of oxazole rings is 1. The summed E-state index contributed by atoms with van der Waals surface area (Å²) in [6.45, 7) is 1.91. The summed E-state index contributed by atoms with van der Waals surface area (Å²) in [5, 5.41) is 2.96. The lowest BCUT2D eigenvalue weighted by atomic mass is 9.89. The van der Waals surface area contributed by atoms with Crippen LogP contribution in [0, 0.1) is 24.7 Å². The maximum absolute atomic E-state index is 12.5. The Morgan fingerprint density at radius 2 is 1.83 bits per heavy atom. The molecule has 5 heteroatoms. The van der Waals surface area contributed by atoms with Gasteiger partial charge in [-0.2, -0.15) is 0 Å². The molecule has 1 aromatic heterocycles. The van der Waals surface area contributed by atoms with E-state index in [0.717, 1.165) is 22.7 Å². The Balaban J connectivity index is 1.43. The van der Waals surface area contributed by atoms with Crippen molar-refractivity contribution in [1.82, 2.24) is 4.98 Å². The average Bonchev–Trinajstić information content (AvgIpc) is 3.50. The van der Waals surface area contributed by atoms with E-state index in [1.54, 1.807) is 0 Å². The second kappa shape index (κ2) is 6.06. The third-order valence-corrected chi connectivity index (χ3v) is 5.21. The first kappa shape index (κ1) is 15.4. The van der Waals surface area contributed by atoms with Gasteiger partial charge in [0.05, 0.1) is 11.7 Å². The number of carbonyl (C=O) groups is 1. The topological polar surface area (TPSA) is 81.2 Å². The maximum atomic E-state index is 12.5. The summed E-state index contributed by atoms with van der Waals surface area (Å²) in [4.78, 5) is 16.6. The van der Waals surface area contributed by atoms with Gasteiger partial charge in [-0.05, 0) is 74.6 Å². The van der Waals surface area contributed by atoms with Crippen LogP contribution >= 0.6 is 0 Å². The molecule has 1 heterocycles. The third-order valence-electron chi connectivity index (χ3n) is 5.21. The predicted octanol–water partition coefficient (Wildman–Crippen LogP) is 3.35. The summed E-state index contributed by atoms with van der Waals surface area (Å²) in [5.74, 6) is 2.38. The van der Waals surface area contributed by atoms with Gasteiger partial charge < -0.3 is 15.5 Å². The van der Waals surface area contributed by atoms with E-state index in [2.05, 4.69) is 10.3 Å². The Kier molecular flexibility index (Phi) is 3.88. The summed E-state index contributed by atoms with van der Waals surface area (Å²) in [7, 11) is 0. The van der Waals surface area contributed by atoms with Crippen molar-refractivity contribution in [3.8, 4) is 11.3 Å². The largest absolute Gasteiger partial charge is 0.443 e. The van der Waals surface area contributed by atoms with Gasteiger partial charge in [0.15, 0.2) is 12.2 Å². The fraction of sp³-hybridized carbons (Fsp3) is 0.474. The van der Waals surface area contributed by atoms with Crippen LogP contribution in [0.5, 0.6) is 0 Å². The van der Waals surface area contributed by atoms with Crippen LogP contribution in [-0.4, -0.2) is 16.9 Å². The van der Waals surface area contributed by atoms with Crippen LogP contribution in [0.1, 0.15) is 31.4 Å². The normalized spacial score (nSPS) is 18.6. The zero-order valence-electron chi connectivity index (χ0n) is 13.9. The Hall–Kier alpha value is -2.14. The monoisotopic (exact) mass is 325 g/mol. The zero-order valence-corrected chi connectivity index (χ0v) is 13.9. The highest BCUT2D eigenvalue weighted by molar-refractivity contribution is 5.95. The minimum atomic E-state index is -0.402. The van der Waals surface area contributed by atoms with Crippen molar-refractivity contribution in [1.29, 1.82) is 0 Å². The lowest BCUT2D eigenvalue weighted by molar-refractivity contribution is -0.118. The van der Waals surface area contributed by atoms with E-state index in [0.29, 0.717) is 17.8 Å². The summed E-state index contributed by atoms with van der Waals surface area (Å²) in [6.07, 6.45) is 6.36. The van der Waals surface area contributed by atoms with Crippen LogP contribution in [0.4, 0.5) is 5.69 Å². The molecular weight excluding hydrogens is 302 g/mol. The summed E-state index contributed by atoms with van der Waals surface area (Å²) >= 11 is 0. The molecule has 2 aliphatic carbocycles. The molecule has 0 aliphatic heterocycles. The molecular formula is C19H23N3O2. The van der Waals surface area contributed by atoms with Crippen LogP contribution in [0.3, 0.4) is 0 Å². The highest BCUT2D eigenvalue weighted by Gasteiger charge is 2.46. The first-order chi connectivity index (χ1) is 11.6. The van der Waals surface area contributed by atoms with Gasteiger partial charge in [-0.25, -0.2) is 4.98 Å². The number of nitrogens with two attached hydrogens (primary N) is 1. The number of benzene rings is 1. The Morgan fingerprint density at radius 3 is 2.33 bits per heavy atom. The fourth-order valence-corrected chi connectivity index (χ4v) is 3.62. The highest BCUT2D eigenvalue weighted by atomic mass is 16.3. The van der Waals surface area contributed by atoms with Gasteiger partial charge in [0, 0.05) is 11.3 Å². The van der Waals surface area contributed by atoms with Crippen molar-refractivity contribution in [3.63, 3.8) is 0 Å². The molecule has 2 aromatic rings. The second-order valence-corrected chi connectivity index (χ2v) is 7.11. The van der Waals surface area contributed by atoms with Crippen LogP contribution < -0.4 is 11.1 Å². The summed E-state index contributed by atoms with van der Waals surface area (Å²) in [6, 6.07) is 7.21. The number of amides is 1. The molecule has 0 unspecified atom stereocenters. The van der Waals surface area contributed by atoms with Crippen molar-refractivity contribution >= 4 is 11.6 Å². The van der Waals surface area contributed by atoms with Crippen molar-refractivity contribution in [3.05, 3.63) is 36.4 Å². The highest BCUT2D eigenvalue weighted by Crippen LogP contribution is 2.50. The molecule has 1 amide bonds. The van der Waals surface area contributed by atoms with Gasteiger partial charge in [-0.1, -0.05) is 0 Å². The molecule has 5 nitrogen and oxygen atoms in total. The van der Waals surface area contributed by atoms with Crippen LogP contribution in [0.2, 0.25) is 0 Å². The minimum absolute atomic E-state index is 0.0672. The number of nitrogens with one attached hydrogen (secondary N) is 1. The number of nitrogens with zero attached hydrogens (tertiary/aromatic N) is 1. The zero-order chi connectivity index (χ0) is 16.7. The predicted molar refractivity (Wildman–Crippen MR) is 92.2 cm³/mol. The number of carbonyl (C=O) groups excluding carboxylic acids is 1. The number of hydrogen-bond acceptors (Lipinski definition) is 4. The molecule has 4 rings (SSSR count). The van der Waals surface area contributed by atoms with Crippen molar-refractivity contribution in [2.24, 2.45) is 23.5 Å². The van der Waals surface area contributed by atoms with Crippen molar-refractivity contribution in [2.75, 3.05) is 5.32 Å². The molecule has 1 aromatic carbocycles. The van der Waals surface area contributed by atoms with Gasteiger partial charge in [0.2, 0.25) is 5.91 Å². The first-order valence-corrected chi connectivity index (χ1v) is 8.70. The molecule has 0 saturated heterocycles. The van der Waals surface area contributed by atoms with E-state index in [1.165, 1.54) is 32.1 Å². The summed E-state index contributed by atoms with van der Waals surface area (Å²) in [5.41, 5.74) is 8.85. The van der Waals surface area contributed by atoms with E-state index in [-0.39, 0.29) is 5.91 Å². The fourth-order valence-electron chi connectivity index (χ4n) is 3.62. The minimum Gasteiger partial charge on any atom is -0.443 e. The lowest BCUT2D eigenvalue weighted by Gasteiger charge is -2.22. The van der Waals surface area contributed by atoms with E-state index in [4.69, 9.17) is 10.2 Å². The van der Waals surface area contributed by atoms with Gasteiger partial charge in [0.25, 0.3) is 0 Å². The number of anilines is 1. The molecule has 2 aliphatic rings. The van der Waals surface area contributed by atoms with E-state index < -0.39 is 6.04 Å². The van der Waals surface area contributed by atoms with Crippen LogP contribution in [-0.2, 0) is 4.79 Å². The SMILES string of the molecule is Cc1ncoc1-c1ccc(NC(=O)[C@@H](N)C(C2CC2)C2CC2)cc1. The quantitative estimate of drug-likeness (QED) is 0.853. The molecule has 126 valence electrons. The first-order valence-electron chi connectivity index (χ1n) is 8.70.